The Balaban J connectivity index is 1.67. The molecular formula is C29H26N2O6S. The van der Waals surface area contributed by atoms with Gasteiger partial charge in [-0.1, -0.05) is 66.2 Å². The molecule has 0 N–H and O–H groups in total. The largest absolute Gasteiger partial charge is 0.461 e. The maximum atomic E-state index is 14.1. The molecule has 2 aliphatic rings. The third-order valence-corrected chi connectivity index (χ3v) is 8.54. The summed E-state index contributed by atoms with van der Waals surface area (Å²) in [7, 11) is -4.45. The van der Waals surface area contributed by atoms with Crippen LogP contribution in [0.1, 0.15) is 30.0 Å². The van der Waals surface area contributed by atoms with Crippen molar-refractivity contribution in [2.45, 2.75) is 37.1 Å². The van der Waals surface area contributed by atoms with Gasteiger partial charge in [-0.3, -0.25) is 9.59 Å². The number of para-hydroxylation sites is 1. The Morgan fingerprint density at radius 3 is 2.29 bits per heavy atom. The molecule has 9 heteroatoms. The van der Waals surface area contributed by atoms with Crippen molar-refractivity contribution in [3.8, 4) is 0 Å². The molecule has 8 nitrogen and oxygen atoms in total. The van der Waals surface area contributed by atoms with Crippen LogP contribution in [0.5, 0.6) is 0 Å². The molecule has 2 aliphatic heterocycles. The van der Waals surface area contributed by atoms with Crippen LogP contribution in [0.25, 0.3) is 0 Å². The summed E-state index contributed by atoms with van der Waals surface area (Å²) in [5.41, 5.74) is 0.804. The maximum Gasteiger partial charge on any atom is 0.355 e. The van der Waals surface area contributed by atoms with Gasteiger partial charge in [0.15, 0.2) is 0 Å². The Kier molecular flexibility index (Phi) is 6.40. The minimum Gasteiger partial charge on any atom is -0.461 e. The quantitative estimate of drug-likeness (QED) is 0.449. The number of rotatable bonds is 6. The number of carbonyl (C=O) groups is 3. The molecule has 0 aliphatic carbocycles. The lowest BCUT2D eigenvalue weighted by Crippen LogP contribution is -2.50. The van der Waals surface area contributed by atoms with Gasteiger partial charge >= 0.3 is 5.97 Å². The first-order chi connectivity index (χ1) is 18.2. The van der Waals surface area contributed by atoms with Gasteiger partial charge in [0.25, 0.3) is 10.0 Å². The molecule has 3 aromatic rings. The van der Waals surface area contributed by atoms with Crippen LogP contribution < -0.4 is 4.90 Å². The minimum atomic E-state index is -4.45. The second-order valence-electron chi connectivity index (χ2n) is 9.27. The molecule has 0 saturated carbocycles. The SMILES string of the molecule is CCOC(=O)C1=C[C@]2(CC(=O)N1S(=O)(=O)c1ccc(C)cc1)C(=O)N(Cc1ccccc1)c1ccccc12. The Hall–Kier alpha value is -4.24. The van der Waals surface area contributed by atoms with E-state index in [2.05, 4.69) is 0 Å². The number of esters is 1. The van der Waals surface area contributed by atoms with Crippen LogP contribution in [0, 0.1) is 6.92 Å². The zero-order chi connectivity index (χ0) is 27.1. The normalized spacial score (nSPS) is 18.9. The predicted molar refractivity (Wildman–Crippen MR) is 140 cm³/mol. The average molecular weight is 531 g/mol. The number of sulfonamides is 1. The van der Waals surface area contributed by atoms with Crippen molar-refractivity contribution < 1.29 is 27.5 Å². The second kappa shape index (κ2) is 9.57. The molecule has 38 heavy (non-hydrogen) atoms. The summed E-state index contributed by atoms with van der Waals surface area (Å²) in [6, 6.07) is 22.4. The smallest absolute Gasteiger partial charge is 0.355 e. The summed E-state index contributed by atoms with van der Waals surface area (Å²) < 4.78 is 32.9. The van der Waals surface area contributed by atoms with Crippen LogP contribution in [0.2, 0.25) is 0 Å². The van der Waals surface area contributed by atoms with Gasteiger partial charge in [-0.25, -0.2) is 13.2 Å². The highest BCUT2D eigenvalue weighted by molar-refractivity contribution is 7.89. The number of aryl methyl sites for hydroxylation is 1. The predicted octanol–water partition coefficient (Wildman–Crippen LogP) is 3.85. The number of anilines is 1. The highest BCUT2D eigenvalue weighted by Crippen LogP contribution is 2.49. The molecule has 1 atom stereocenters. The van der Waals surface area contributed by atoms with Crippen LogP contribution in [-0.2, 0) is 41.1 Å². The topological polar surface area (TPSA) is 101 Å². The molecule has 3 aromatic carbocycles. The molecule has 0 bridgehead atoms. The third-order valence-electron chi connectivity index (χ3n) is 6.79. The number of hydrogen-bond donors (Lipinski definition) is 0. The number of benzene rings is 3. The van der Waals surface area contributed by atoms with Gasteiger partial charge in [0.05, 0.1) is 24.5 Å². The third kappa shape index (κ3) is 4.09. The maximum absolute atomic E-state index is 14.1. The van der Waals surface area contributed by atoms with Gasteiger partial charge in [0.1, 0.15) is 11.1 Å². The van der Waals surface area contributed by atoms with Crippen molar-refractivity contribution >= 4 is 33.5 Å². The zero-order valence-electron chi connectivity index (χ0n) is 21.0. The van der Waals surface area contributed by atoms with Crippen molar-refractivity contribution in [3.05, 3.63) is 107 Å². The first kappa shape index (κ1) is 25.4. The van der Waals surface area contributed by atoms with E-state index in [0.29, 0.717) is 15.6 Å². The average Bonchev–Trinajstić information content (AvgIpc) is 3.11. The van der Waals surface area contributed by atoms with Crippen molar-refractivity contribution in [1.82, 2.24) is 4.31 Å². The van der Waals surface area contributed by atoms with E-state index in [9.17, 15) is 22.8 Å². The van der Waals surface area contributed by atoms with Gasteiger partial charge < -0.3 is 9.64 Å². The van der Waals surface area contributed by atoms with E-state index in [1.165, 1.54) is 18.2 Å². The van der Waals surface area contributed by atoms with E-state index in [1.807, 2.05) is 30.3 Å². The first-order valence-corrected chi connectivity index (χ1v) is 13.6. The number of nitrogens with zero attached hydrogens (tertiary/aromatic N) is 2. The summed E-state index contributed by atoms with van der Waals surface area (Å²) in [6.45, 7) is 3.59. The molecule has 0 saturated heterocycles. The molecule has 194 valence electrons. The molecule has 0 aromatic heterocycles. The van der Waals surface area contributed by atoms with Gasteiger partial charge in [-0.05, 0) is 49.2 Å². The molecular weight excluding hydrogens is 504 g/mol. The molecule has 1 spiro atoms. The van der Waals surface area contributed by atoms with Gasteiger partial charge in [0, 0.05) is 5.69 Å². The zero-order valence-corrected chi connectivity index (χ0v) is 21.8. The van der Waals surface area contributed by atoms with Crippen molar-refractivity contribution in [2.24, 2.45) is 0 Å². The van der Waals surface area contributed by atoms with E-state index in [1.54, 1.807) is 55.1 Å². The Bertz CT molecular complexity index is 1560. The first-order valence-electron chi connectivity index (χ1n) is 12.2. The van der Waals surface area contributed by atoms with Crippen LogP contribution in [0.3, 0.4) is 0 Å². The molecule has 0 radical (unpaired) electrons. The lowest BCUT2D eigenvalue weighted by atomic mass is 9.76. The van der Waals surface area contributed by atoms with Gasteiger partial charge in [-0.2, -0.15) is 4.31 Å². The highest BCUT2D eigenvalue weighted by atomic mass is 32.2. The number of ether oxygens (including phenoxy) is 1. The molecule has 0 fully saturated rings. The number of hydrogen-bond acceptors (Lipinski definition) is 6. The monoisotopic (exact) mass is 530 g/mol. The molecule has 2 heterocycles. The second-order valence-corrected chi connectivity index (χ2v) is 11.1. The lowest BCUT2D eigenvalue weighted by Gasteiger charge is -2.35. The Labute approximate surface area is 221 Å². The molecule has 2 amide bonds. The number of amides is 2. The van der Waals surface area contributed by atoms with E-state index in [-0.39, 0.29) is 18.0 Å². The van der Waals surface area contributed by atoms with E-state index in [0.717, 1.165) is 11.1 Å². The fourth-order valence-electron chi connectivity index (χ4n) is 5.00. The molecule has 5 rings (SSSR count). The summed E-state index contributed by atoms with van der Waals surface area (Å²) in [4.78, 5) is 42.4. The van der Waals surface area contributed by atoms with E-state index < -0.39 is 45.3 Å². The van der Waals surface area contributed by atoms with E-state index in [4.69, 9.17) is 4.74 Å². The lowest BCUT2D eigenvalue weighted by molar-refractivity contribution is -0.143. The Morgan fingerprint density at radius 1 is 0.947 bits per heavy atom. The summed E-state index contributed by atoms with van der Waals surface area (Å²) >= 11 is 0. The number of carbonyl (C=O) groups excluding carboxylic acids is 3. The van der Waals surface area contributed by atoms with Gasteiger partial charge in [0.2, 0.25) is 11.8 Å². The van der Waals surface area contributed by atoms with Crippen LogP contribution in [0.4, 0.5) is 5.69 Å². The van der Waals surface area contributed by atoms with E-state index >= 15 is 0 Å². The van der Waals surface area contributed by atoms with Crippen molar-refractivity contribution in [2.75, 3.05) is 11.5 Å². The fourth-order valence-corrected chi connectivity index (χ4v) is 6.41. The minimum absolute atomic E-state index is 0.0412. The molecule has 0 unspecified atom stereocenters. The van der Waals surface area contributed by atoms with Crippen molar-refractivity contribution in [3.63, 3.8) is 0 Å². The van der Waals surface area contributed by atoms with Gasteiger partial charge in [-0.15, -0.1) is 0 Å². The summed E-state index contributed by atoms with van der Waals surface area (Å²) in [6.07, 6.45) is 0.840. The number of fused-ring (bicyclic) bond motifs is 2. The van der Waals surface area contributed by atoms with Crippen LogP contribution in [0.15, 0.2) is 95.5 Å². The standard InChI is InChI=1S/C29H26N2O6S/c1-3-37-27(33)25-17-29(18-26(32)31(25)38(35,36)22-15-13-20(2)14-16-22)23-11-7-8-12-24(23)30(28(29)34)19-21-9-5-4-6-10-21/h4-17H,3,18-19H2,1-2H3/t29-/m1/s1. The van der Waals surface area contributed by atoms with Crippen LogP contribution in [-0.4, -0.2) is 37.1 Å². The Morgan fingerprint density at radius 2 is 1.61 bits per heavy atom. The summed E-state index contributed by atoms with van der Waals surface area (Å²) in [5.74, 6) is -2.30. The summed E-state index contributed by atoms with van der Waals surface area (Å²) in [5, 5.41) is 0. The highest BCUT2D eigenvalue weighted by Gasteiger charge is 2.56. The fraction of sp³-hybridized carbons (Fsp3) is 0.207. The van der Waals surface area contributed by atoms with Crippen molar-refractivity contribution in [1.29, 1.82) is 0 Å². The van der Waals surface area contributed by atoms with Crippen LogP contribution >= 0.6 is 0 Å².